The van der Waals surface area contributed by atoms with Crippen molar-refractivity contribution in [3.8, 4) is 0 Å². The van der Waals surface area contributed by atoms with Gasteiger partial charge in [-0.1, -0.05) is 0 Å². The summed E-state index contributed by atoms with van der Waals surface area (Å²) in [4.78, 5) is 2.27. The second-order valence-corrected chi connectivity index (χ2v) is 1.45. The van der Waals surface area contributed by atoms with Crippen LogP contribution in [0.1, 0.15) is 0 Å². The minimum Gasteiger partial charge on any atom is -0.162 e. The number of hydrogen-bond acceptors (Lipinski definition) is 1. The second kappa shape index (κ2) is 1.81. The molecule has 37 valence electrons. The van der Waals surface area contributed by atoms with Gasteiger partial charge >= 0.3 is 5.02 Å². The summed E-state index contributed by atoms with van der Waals surface area (Å²) >= 11 is 1.61. The minimum absolute atomic E-state index is 1.61. The van der Waals surface area contributed by atoms with E-state index in [1.54, 1.807) is 15.9 Å². The SMILES string of the molecule is [O]OC(F)(F)Br. The van der Waals surface area contributed by atoms with Gasteiger partial charge in [0.25, 0.3) is 0 Å². The molecule has 0 fully saturated rings. The molecule has 1 radical (unpaired) electrons. The molecule has 6 heavy (non-hydrogen) atoms. The predicted octanol–water partition coefficient (Wildman–Crippen LogP) is 1.29. The summed E-state index contributed by atoms with van der Waals surface area (Å²) in [7, 11) is 0. The van der Waals surface area contributed by atoms with Gasteiger partial charge in [0.15, 0.2) is 0 Å². The zero-order valence-electron chi connectivity index (χ0n) is 2.45. The molecule has 0 aromatic rings. The highest BCUT2D eigenvalue weighted by Crippen LogP contribution is 2.20. The molecule has 0 rings (SSSR count). The molecule has 0 bridgehead atoms. The third-order valence-corrected chi connectivity index (χ3v) is 0.227. The topological polar surface area (TPSA) is 29.1 Å². The Hall–Kier alpha value is 0.260. The zero-order chi connectivity index (χ0) is 5.21. The van der Waals surface area contributed by atoms with Crippen molar-refractivity contribution in [2.75, 3.05) is 0 Å². The summed E-state index contributed by atoms with van der Waals surface area (Å²) in [6.45, 7) is 0. The molecule has 0 aromatic carbocycles. The van der Waals surface area contributed by atoms with Crippen LogP contribution in [0.5, 0.6) is 0 Å². The molecule has 0 saturated carbocycles. The molecule has 0 aliphatic rings. The average Bonchev–Trinajstić information content (AvgIpc) is 1.35. The summed E-state index contributed by atoms with van der Waals surface area (Å²) in [5, 5.41) is 4.95. The van der Waals surface area contributed by atoms with Crippen LogP contribution in [0, 0.1) is 0 Å². The summed E-state index contributed by atoms with van der Waals surface area (Å²) in [6, 6.07) is 0. The Kier molecular flexibility index (Phi) is 1.89. The molecule has 0 saturated heterocycles. The number of hydrogen-bond donors (Lipinski definition) is 0. The van der Waals surface area contributed by atoms with Crippen LogP contribution in [0.3, 0.4) is 0 Å². The van der Waals surface area contributed by atoms with E-state index in [4.69, 9.17) is 5.26 Å². The third kappa shape index (κ3) is 4.26. The molecule has 5 heteroatoms. The summed E-state index contributed by atoms with van der Waals surface area (Å²) in [5.41, 5.74) is 0. The number of rotatable bonds is 1. The first-order valence-electron chi connectivity index (χ1n) is 0.938. The van der Waals surface area contributed by atoms with Crippen molar-refractivity contribution in [1.82, 2.24) is 0 Å². The van der Waals surface area contributed by atoms with Crippen LogP contribution in [-0.4, -0.2) is 5.02 Å². The molecular formula is CBrF2O2. The van der Waals surface area contributed by atoms with Crippen molar-refractivity contribution in [2.45, 2.75) is 5.02 Å². The Morgan fingerprint density at radius 2 is 1.83 bits per heavy atom. The number of halogens is 3. The summed E-state index contributed by atoms with van der Waals surface area (Å²) in [5.74, 6) is 0. The van der Waals surface area contributed by atoms with Crippen molar-refractivity contribution < 1.29 is 18.9 Å². The van der Waals surface area contributed by atoms with E-state index in [1.807, 2.05) is 0 Å². The van der Waals surface area contributed by atoms with Crippen molar-refractivity contribution in [3.05, 3.63) is 0 Å². The van der Waals surface area contributed by atoms with Crippen LogP contribution in [0.15, 0.2) is 0 Å². The van der Waals surface area contributed by atoms with Gasteiger partial charge in [-0.2, -0.15) is 8.78 Å². The lowest BCUT2D eigenvalue weighted by Crippen LogP contribution is -2.05. The van der Waals surface area contributed by atoms with Crippen molar-refractivity contribution >= 4 is 15.9 Å². The van der Waals surface area contributed by atoms with E-state index in [0.717, 1.165) is 0 Å². The van der Waals surface area contributed by atoms with Crippen molar-refractivity contribution in [3.63, 3.8) is 0 Å². The zero-order valence-corrected chi connectivity index (χ0v) is 4.04. The highest BCUT2D eigenvalue weighted by Gasteiger charge is 2.25. The average molecular weight is 162 g/mol. The minimum atomic E-state index is -3.70. The first-order valence-corrected chi connectivity index (χ1v) is 1.73. The van der Waals surface area contributed by atoms with Crippen LogP contribution in [0.4, 0.5) is 8.78 Å². The van der Waals surface area contributed by atoms with Crippen LogP contribution in [0.2, 0.25) is 0 Å². The first-order chi connectivity index (χ1) is 2.56. The molecule has 0 spiro atoms. The first kappa shape index (κ1) is 6.26. The Morgan fingerprint density at radius 3 is 1.83 bits per heavy atom. The smallest absolute Gasteiger partial charge is 0.162 e. The Labute approximate surface area is 40.8 Å². The molecule has 0 unspecified atom stereocenters. The van der Waals surface area contributed by atoms with Crippen molar-refractivity contribution in [2.24, 2.45) is 0 Å². The van der Waals surface area contributed by atoms with E-state index >= 15 is 0 Å². The molecule has 2 nitrogen and oxygen atoms in total. The van der Waals surface area contributed by atoms with E-state index < -0.39 is 5.02 Å². The normalized spacial score (nSPS) is 12.0. The summed E-state index contributed by atoms with van der Waals surface area (Å²) in [6.07, 6.45) is 0. The molecule has 0 N–H and O–H groups in total. The largest absolute Gasteiger partial charge is 0.442 e. The quantitative estimate of drug-likeness (QED) is 0.324. The maximum atomic E-state index is 10.8. The predicted molar refractivity (Wildman–Crippen MR) is 15.6 cm³/mol. The Morgan fingerprint density at radius 1 is 1.67 bits per heavy atom. The maximum Gasteiger partial charge on any atom is 0.442 e. The Balaban J connectivity index is 3.17. The molecule has 0 aliphatic carbocycles. The Bertz CT molecular complexity index is 41.3. The van der Waals surface area contributed by atoms with E-state index in [1.165, 1.54) is 0 Å². The molecule has 0 amide bonds. The third-order valence-electron chi connectivity index (χ3n) is 0.0945. The lowest BCUT2D eigenvalue weighted by molar-refractivity contribution is -0.409. The van der Waals surface area contributed by atoms with Crippen molar-refractivity contribution in [1.29, 1.82) is 0 Å². The number of alkyl halides is 3. The van der Waals surface area contributed by atoms with E-state index in [0.29, 0.717) is 0 Å². The molecule has 0 atom stereocenters. The van der Waals surface area contributed by atoms with Gasteiger partial charge in [-0.05, 0) is 5.26 Å². The van der Waals surface area contributed by atoms with E-state index in [9.17, 15) is 8.78 Å². The molecule has 0 aromatic heterocycles. The van der Waals surface area contributed by atoms with Crippen LogP contribution in [0.25, 0.3) is 0 Å². The van der Waals surface area contributed by atoms with Gasteiger partial charge in [0.1, 0.15) is 0 Å². The van der Waals surface area contributed by atoms with Gasteiger partial charge in [0.2, 0.25) is 0 Å². The van der Waals surface area contributed by atoms with E-state index in [2.05, 4.69) is 4.89 Å². The fourth-order valence-electron chi connectivity index (χ4n) is 0. The molecule has 0 aliphatic heterocycles. The highest BCUT2D eigenvalue weighted by molar-refractivity contribution is 9.09. The van der Waals surface area contributed by atoms with Gasteiger partial charge in [-0.3, -0.25) is 0 Å². The monoisotopic (exact) mass is 161 g/mol. The fraction of sp³-hybridized carbons (Fsp3) is 1.00. The molecule has 0 heterocycles. The standard InChI is InChI=1S/CBrF2O2/c2-1(3,4)6-5. The summed E-state index contributed by atoms with van der Waals surface area (Å²) < 4.78 is 21.7. The van der Waals surface area contributed by atoms with Gasteiger partial charge in [0, 0.05) is 15.9 Å². The van der Waals surface area contributed by atoms with Gasteiger partial charge < -0.3 is 0 Å². The maximum absolute atomic E-state index is 10.8. The van der Waals surface area contributed by atoms with Crippen LogP contribution in [-0.2, 0) is 10.1 Å². The highest BCUT2D eigenvalue weighted by atomic mass is 79.9. The lowest BCUT2D eigenvalue weighted by Gasteiger charge is -1.95. The van der Waals surface area contributed by atoms with Crippen LogP contribution < -0.4 is 0 Å². The second-order valence-electron chi connectivity index (χ2n) is 0.529. The van der Waals surface area contributed by atoms with Crippen LogP contribution >= 0.6 is 15.9 Å². The van der Waals surface area contributed by atoms with E-state index in [-0.39, 0.29) is 0 Å². The van der Waals surface area contributed by atoms with Gasteiger partial charge in [0.05, 0.1) is 0 Å². The van der Waals surface area contributed by atoms with Gasteiger partial charge in [-0.15, -0.1) is 4.89 Å². The molecular weight excluding hydrogens is 162 g/mol. The fourth-order valence-corrected chi connectivity index (χ4v) is 0. The van der Waals surface area contributed by atoms with Gasteiger partial charge in [-0.25, -0.2) is 0 Å². The lowest BCUT2D eigenvalue weighted by atomic mass is 11.5.